The molecule has 1 aromatic rings. The molecule has 0 unspecified atom stereocenters. The predicted octanol–water partition coefficient (Wildman–Crippen LogP) is 3.13. The number of nitrogens with two attached hydrogens (primary N) is 2. The topological polar surface area (TPSA) is 52.0 Å². The van der Waals surface area contributed by atoms with Crippen LogP contribution in [0.3, 0.4) is 0 Å². The van der Waals surface area contributed by atoms with Crippen LogP contribution in [0.4, 0.5) is 11.4 Å². The fourth-order valence-electron chi connectivity index (χ4n) is 1.72. The van der Waals surface area contributed by atoms with Crippen LogP contribution in [0, 0.1) is 0 Å². The van der Waals surface area contributed by atoms with Gasteiger partial charge in [0.1, 0.15) is 0 Å². The monoisotopic (exact) mass is 250 g/mol. The van der Waals surface area contributed by atoms with Gasteiger partial charge in [0.15, 0.2) is 0 Å². The van der Waals surface area contributed by atoms with Crippen LogP contribution < -0.4 is 11.5 Å². The average molecular weight is 251 g/mol. The van der Waals surface area contributed by atoms with E-state index in [2.05, 4.69) is 0 Å². The maximum absolute atomic E-state index is 6.01. The lowest BCUT2D eigenvalue weighted by atomic mass is 9.96. The molecule has 4 heteroatoms. The Kier molecular flexibility index (Phi) is 2.99. The Morgan fingerprint density at radius 1 is 1.12 bits per heavy atom. The number of nitrogen functional groups attached to an aromatic ring is 2. The molecule has 1 aromatic carbocycles. The van der Waals surface area contributed by atoms with Gasteiger partial charge in [-0.05, 0) is 29.9 Å². The number of hydrogen-bond donors (Lipinski definition) is 2. The molecular weight excluding hydrogens is 240 g/mol. The highest BCUT2D eigenvalue weighted by molar-refractivity contribution is 7.80. The second-order valence-corrected chi connectivity index (χ2v) is 4.66. The second kappa shape index (κ2) is 4.28. The summed E-state index contributed by atoms with van der Waals surface area (Å²) in [7, 11) is 0. The molecule has 2 nitrogen and oxygen atoms in total. The smallest absolute Gasteiger partial charge is 0.0414 e. The van der Waals surface area contributed by atoms with Gasteiger partial charge in [0.25, 0.3) is 0 Å². The third-order valence-electron chi connectivity index (χ3n) is 2.39. The summed E-state index contributed by atoms with van der Waals surface area (Å²) in [6, 6.07) is 5.44. The van der Waals surface area contributed by atoms with Crippen LogP contribution in [-0.2, 0) is 0 Å². The van der Waals surface area contributed by atoms with Gasteiger partial charge in [0.05, 0.1) is 0 Å². The minimum absolute atomic E-state index is 0.618. The molecule has 0 fully saturated rings. The molecule has 0 amide bonds. The molecule has 4 N–H and O–H groups in total. The Balaban J connectivity index is 2.57. The van der Waals surface area contributed by atoms with Gasteiger partial charge in [-0.3, -0.25) is 0 Å². The highest BCUT2D eigenvalue weighted by Gasteiger charge is 2.13. The molecule has 0 aliphatic heterocycles. The zero-order valence-electron chi connectivity index (χ0n) is 8.53. The molecule has 2 rings (SSSR count). The quantitative estimate of drug-likeness (QED) is 0.595. The second-order valence-electron chi connectivity index (χ2n) is 3.65. The van der Waals surface area contributed by atoms with Crippen LogP contribution in [0.5, 0.6) is 0 Å². The van der Waals surface area contributed by atoms with Gasteiger partial charge < -0.3 is 11.5 Å². The Morgan fingerprint density at radius 2 is 1.75 bits per heavy atom. The molecule has 16 heavy (non-hydrogen) atoms. The van der Waals surface area contributed by atoms with E-state index >= 15 is 0 Å². The minimum Gasteiger partial charge on any atom is -0.398 e. The zero-order valence-corrected chi connectivity index (χ0v) is 10.1. The number of hydrogen-bond acceptors (Lipinski definition) is 3. The molecule has 1 aliphatic rings. The molecule has 1 aliphatic carbocycles. The van der Waals surface area contributed by atoms with Crippen molar-refractivity contribution in [2.45, 2.75) is 6.42 Å². The highest BCUT2D eigenvalue weighted by Crippen LogP contribution is 2.33. The van der Waals surface area contributed by atoms with Crippen LogP contribution in [0.1, 0.15) is 12.0 Å². The summed E-state index contributed by atoms with van der Waals surface area (Å²) in [6.07, 6.45) is 4.37. The first-order chi connectivity index (χ1) is 7.58. The van der Waals surface area contributed by atoms with Gasteiger partial charge in [0, 0.05) is 33.3 Å². The number of thiocarbonyl (C=S) groups is 1. The van der Waals surface area contributed by atoms with Crippen molar-refractivity contribution in [2.24, 2.45) is 0 Å². The minimum atomic E-state index is 0.618. The van der Waals surface area contributed by atoms with E-state index in [0.717, 1.165) is 16.0 Å². The first-order valence-corrected chi connectivity index (χ1v) is 5.61. The molecule has 82 valence electrons. The van der Waals surface area contributed by atoms with Gasteiger partial charge >= 0.3 is 0 Å². The highest BCUT2D eigenvalue weighted by atomic mass is 35.5. The van der Waals surface area contributed by atoms with E-state index in [0.29, 0.717) is 22.8 Å². The summed E-state index contributed by atoms with van der Waals surface area (Å²) in [4.78, 5) is 0.796. The molecule has 0 heterocycles. The normalized spacial score (nSPS) is 15.7. The van der Waals surface area contributed by atoms with Crippen molar-refractivity contribution in [1.82, 2.24) is 0 Å². The number of allylic oxidation sites excluding steroid dienone is 4. The summed E-state index contributed by atoms with van der Waals surface area (Å²) in [5.41, 5.74) is 14.8. The molecular formula is C12H11ClN2S. The SMILES string of the molecule is Nc1cccc(N)c1C1=CC(=S)CC(Cl)=C1. The van der Waals surface area contributed by atoms with Gasteiger partial charge in [-0.1, -0.05) is 29.9 Å². The molecule has 0 saturated carbocycles. The Bertz CT molecular complexity index is 498. The number of anilines is 2. The molecule has 0 aromatic heterocycles. The van der Waals surface area contributed by atoms with E-state index in [1.165, 1.54) is 0 Å². The first-order valence-electron chi connectivity index (χ1n) is 4.83. The van der Waals surface area contributed by atoms with E-state index in [1.54, 1.807) is 0 Å². The third-order valence-corrected chi connectivity index (χ3v) is 2.89. The van der Waals surface area contributed by atoms with E-state index in [-0.39, 0.29) is 0 Å². The number of halogens is 1. The summed E-state index contributed by atoms with van der Waals surface area (Å²) in [6.45, 7) is 0. The van der Waals surface area contributed by atoms with Gasteiger partial charge in [-0.15, -0.1) is 0 Å². The number of rotatable bonds is 1. The largest absolute Gasteiger partial charge is 0.398 e. The van der Waals surface area contributed by atoms with Gasteiger partial charge in [-0.25, -0.2) is 0 Å². The predicted molar refractivity (Wildman–Crippen MR) is 74.4 cm³/mol. The fraction of sp³-hybridized carbons (Fsp3) is 0.0833. The molecule has 0 saturated heterocycles. The molecule has 0 spiro atoms. The fourth-order valence-corrected chi connectivity index (χ4v) is 2.34. The maximum atomic E-state index is 6.01. The maximum Gasteiger partial charge on any atom is 0.0414 e. The standard InChI is InChI=1S/C12H11ClN2S/c13-8-4-7(5-9(16)6-8)12-10(14)2-1-3-11(12)15/h1-5H,6,14-15H2. The van der Waals surface area contributed by atoms with Crippen molar-refractivity contribution in [3.05, 3.63) is 40.9 Å². The Hall–Kier alpha value is -1.32. The lowest BCUT2D eigenvalue weighted by Gasteiger charge is -2.14. The summed E-state index contributed by atoms with van der Waals surface area (Å²) < 4.78 is 0. The van der Waals surface area contributed by atoms with Crippen molar-refractivity contribution in [3.8, 4) is 0 Å². The van der Waals surface area contributed by atoms with Crippen molar-refractivity contribution in [2.75, 3.05) is 11.5 Å². The van der Waals surface area contributed by atoms with Crippen LogP contribution in [0.15, 0.2) is 35.4 Å². The van der Waals surface area contributed by atoms with Gasteiger partial charge in [0.2, 0.25) is 0 Å². The average Bonchev–Trinajstić information content (AvgIpc) is 2.15. The molecule has 0 radical (unpaired) electrons. The Morgan fingerprint density at radius 3 is 2.31 bits per heavy atom. The summed E-state index contributed by atoms with van der Waals surface area (Å²) in [5, 5.41) is 0.713. The van der Waals surface area contributed by atoms with Crippen LogP contribution >= 0.6 is 23.8 Å². The third kappa shape index (κ3) is 2.10. The van der Waals surface area contributed by atoms with E-state index in [4.69, 9.17) is 35.3 Å². The zero-order chi connectivity index (χ0) is 11.7. The molecule has 0 atom stereocenters. The van der Waals surface area contributed by atoms with Crippen molar-refractivity contribution >= 4 is 45.6 Å². The van der Waals surface area contributed by atoms with Crippen LogP contribution in [0.25, 0.3) is 5.57 Å². The van der Waals surface area contributed by atoms with E-state index < -0.39 is 0 Å². The van der Waals surface area contributed by atoms with Crippen molar-refractivity contribution < 1.29 is 0 Å². The van der Waals surface area contributed by atoms with Crippen LogP contribution in [0.2, 0.25) is 0 Å². The molecule has 0 bridgehead atoms. The number of benzene rings is 1. The Labute approximate surface area is 105 Å². The van der Waals surface area contributed by atoms with Gasteiger partial charge in [-0.2, -0.15) is 0 Å². The van der Waals surface area contributed by atoms with Crippen molar-refractivity contribution in [1.29, 1.82) is 0 Å². The summed E-state index contributed by atoms with van der Waals surface area (Å²) in [5.74, 6) is 0. The van der Waals surface area contributed by atoms with E-state index in [1.807, 2.05) is 30.4 Å². The van der Waals surface area contributed by atoms with Crippen molar-refractivity contribution in [3.63, 3.8) is 0 Å². The lowest BCUT2D eigenvalue weighted by molar-refractivity contribution is 1.45. The lowest BCUT2D eigenvalue weighted by Crippen LogP contribution is -2.03. The summed E-state index contributed by atoms with van der Waals surface area (Å²) >= 11 is 11.2. The van der Waals surface area contributed by atoms with Crippen LogP contribution in [-0.4, -0.2) is 4.86 Å². The first kappa shape index (κ1) is 11.2. The van der Waals surface area contributed by atoms with E-state index in [9.17, 15) is 0 Å².